The number of nitrogens with one attached hydrogen (secondary N) is 1. The zero-order valence-electron chi connectivity index (χ0n) is 15.0. The first-order valence-electron chi connectivity index (χ1n) is 8.42. The summed E-state index contributed by atoms with van der Waals surface area (Å²) in [5.74, 6) is 0.143. The monoisotopic (exact) mass is 358 g/mol. The van der Waals surface area contributed by atoms with E-state index in [1.54, 1.807) is 48.4 Å². The molecule has 2 rings (SSSR count). The predicted octanol–water partition coefficient (Wildman–Crippen LogP) is 2.66. The first-order valence-corrected chi connectivity index (χ1v) is 8.42. The smallest absolute Gasteiger partial charge is 0.251 e. The molecule has 0 spiro atoms. The minimum atomic E-state index is -0.279. The van der Waals surface area contributed by atoms with E-state index in [0.717, 1.165) is 5.56 Å². The van der Waals surface area contributed by atoms with E-state index in [1.165, 1.54) is 19.1 Å². The summed E-state index contributed by atoms with van der Waals surface area (Å²) >= 11 is 0. The van der Waals surface area contributed by atoms with Crippen LogP contribution < -0.4 is 10.1 Å². The number of amides is 2. The van der Waals surface area contributed by atoms with Crippen LogP contribution >= 0.6 is 0 Å². The zero-order chi connectivity index (χ0) is 18.9. The normalized spacial score (nSPS) is 10.3. The average Bonchev–Trinajstić information content (AvgIpc) is 2.65. The van der Waals surface area contributed by atoms with Crippen LogP contribution in [0.1, 0.15) is 22.8 Å². The summed E-state index contributed by atoms with van der Waals surface area (Å²) in [6, 6.07) is 13.0. The second kappa shape index (κ2) is 9.56. The molecule has 0 bridgehead atoms. The third kappa shape index (κ3) is 5.88. The number of carbonyl (C=O) groups excluding carboxylic acids is 2. The third-order valence-corrected chi connectivity index (χ3v) is 4.05. The first-order chi connectivity index (χ1) is 12.5. The number of rotatable bonds is 8. The SMILES string of the molecule is COc1ccc(C(=O)NCCN(CCc2ccc(F)cc2)C(C)=O)cc1. The van der Waals surface area contributed by atoms with E-state index in [-0.39, 0.29) is 17.6 Å². The molecular weight excluding hydrogens is 335 g/mol. The molecule has 0 aliphatic carbocycles. The maximum Gasteiger partial charge on any atom is 0.251 e. The molecule has 0 aliphatic rings. The maximum atomic E-state index is 12.9. The standard InChI is InChI=1S/C20H23FN2O3/c1-15(24)23(13-11-16-3-7-18(21)8-4-16)14-12-22-20(25)17-5-9-19(26-2)10-6-17/h3-10H,11-14H2,1-2H3,(H,22,25). The van der Waals surface area contributed by atoms with Crippen LogP contribution in [0.4, 0.5) is 4.39 Å². The van der Waals surface area contributed by atoms with Gasteiger partial charge in [0.2, 0.25) is 5.91 Å². The first kappa shape index (κ1) is 19.4. The van der Waals surface area contributed by atoms with Crippen molar-refractivity contribution in [2.45, 2.75) is 13.3 Å². The summed E-state index contributed by atoms with van der Waals surface area (Å²) < 4.78 is 18.0. The van der Waals surface area contributed by atoms with Crippen molar-refractivity contribution >= 4 is 11.8 Å². The Kier molecular flexibility index (Phi) is 7.14. The van der Waals surface area contributed by atoms with Gasteiger partial charge >= 0.3 is 0 Å². The van der Waals surface area contributed by atoms with Gasteiger partial charge in [-0.15, -0.1) is 0 Å². The lowest BCUT2D eigenvalue weighted by Crippen LogP contribution is -2.38. The predicted molar refractivity (Wildman–Crippen MR) is 97.7 cm³/mol. The fourth-order valence-electron chi connectivity index (χ4n) is 2.49. The van der Waals surface area contributed by atoms with Crippen molar-refractivity contribution in [3.8, 4) is 5.75 Å². The van der Waals surface area contributed by atoms with Crippen LogP contribution in [0.3, 0.4) is 0 Å². The lowest BCUT2D eigenvalue weighted by Gasteiger charge is -2.21. The third-order valence-electron chi connectivity index (χ3n) is 4.05. The second-order valence-electron chi connectivity index (χ2n) is 5.87. The molecule has 2 aromatic rings. The summed E-state index contributed by atoms with van der Waals surface area (Å²) in [7, 11) is 1.57. The summed E-state index contributed by atoms with van der Waals surface area (Å²) in [6.07, 6.45) is 0.631. The summed E-state index contributed by atoms with van der Waals surface area (Å²) in [4.78, 5) is 25.6. The molecule has 0 fully saturated rings. The van der Waals surface area contributed by atoms with Gasteiger partial charge in [0, 0.05) is 32.1 Å². The van der Waals surface area contributed by atoms with Crippen LogP contribution in [-0.2, 0) is 11.2 Å². The van der Waals surface area contributed by atoms with Gasteiger partial charge in [0.1, 0.15) is 11.6 Å². The van der Waals surface area contributed by atoms with Gasteiger partial charge in [-0.3, -0.25) is 9.59 Å². The van der Waals surface area contributed by atoms with Crippen LogP contribution in [0.15, 0.2) is 48.5 Å². The van der Waals surface area contributed by atoms with E-state index >= 15 is 0 Å². The van der Waals surface area contributed by atoms with Crippen LogP contribution in [-0.4, -0.2) is 43.5 Å². The Hall–Kier alpha value is -2.89. The van der Waals surface area contributed by atoms with Crippen LogP contribution in [0, 0.1) is 5.82 Å². The molecule has 0 aromatic heterocycles. The number of carbonyl (C=O) groups is 2. The molecule has 0 unspecified atom stereocenters. The summed E-state index contributed by atoms with van der Waals surface area (Å²) in [5, 5.41) is 2.80. The van der Waals surface area contributed by atoms with Gasteiger partial charge < -0.3 is 15.0 Å². The lowest BCUT2D eigenvalue weighted by molar-refractivity contribution is -0.128. The van der Waals surface area contributed by atoms with Crippen molar-refractivity contribution in [2.75, 3.05) is 26.7 Å². The Labute approximate surface area is 152 Å². The van der Waals surface area contributed by atoms with Gasteiger partial charge in [0.05, 0.1) is 7.11 Å². The van der Waals surface area contributed by atoms with Crippen molar-refractivity contribution in [1.29, 1.82) is 0 Å². The number of benzene rings is 2. The van der Waals surface area contributed by atoms with E-state index in [4.69, 9.17) is 4.74 Å². The van der Waals surface area contributed by atoms with E-state index in [1.807, 2.05) is 0 Å². The van der Waals surface area contributed by atoms with Crippen LogP contribution in [0.25, 0.3) is 0 Å². The number of methoxy groups -OCH3 is 1. The highest BCUT2D eigenvalue weighted by Gasteiger charge is 2.10. The molecule has 0 atom stereocenters. The quantitative estimate of drug-likeness (QED) is 0.789. The Bertz CT molecular complexity index is 730. The van der Waals surface area contributed by atoms with Crippen molar-refractivity contribution in [1.82, 2.24) is 10.2 Å². The molecule has 0 heterocycles. The van der Waals surface area contributed by atoms with Crippen molar-refractivity contribution in [3.05, 3.63) is 65.5 Å². The molecule has 5 nitrogen and oxygen atoms in total. The molecular formula is C20H23FN2O3. The molecule has 0 aliphatic heterocycles. The Morgan fingerprint density at radius 2 is 1.69 bits per heavy atom. The maximum absolute atomic E-state index is 12.9. The molecule has 0 saturated carbocycles. The Morgan fingerprint density at radius 1 is 1.04 bits per heavy atom. The average molecular weight is 358 g/mol. The number of hydrogen-bond acceptors (Lipinski definition) is 3. The molecule has 0 saturated heterocycles. The molecule has 6 heteroatoms. The lowest BCUT2D eigenvalue weighted by atomic mass is 10.1. The van der Waals surface area contributed by atoms with E-state index in [9.17, 15) is 14.0 Å². The van der Waals surface area contributed by atoms with Gasteiger partial charge in [-0.05, 0) is 48.4 Å². The van der Waals surface area contributed by atoms with Crippen molar-refractivity contribution in [2.24, 2.45) is 0 Å². The van der Waals surface area contributed by atoms with E-state index in [2.05, 4.69) is 5.32 Å². The number of hydrogen-bond donors (Lipinski definition) is 1. The molecule has 138 valence electrons. The Morgan fingerprint density at radius 3 is 2.27 bits per heavy atom. The minimum absolute atomic E-state index is 0.0641. The summed E-state index contributed by atoms with van der Waals surface area (Å²) in [5.41, 5.74) is 1.49. The van der Waals surface area contributed by atoms with Crippen molar-refractivity contribution < 1.29 is 18.7 Å². The Balaban J connectivity index is 1.80. The van der Waals surface area contributed by atoms with Crippen LogP contribution in [0.2, 0.25) is 0 Å². The molecule has 1 N–H and O–H groups in total. The fourth-order valence-corrected chi connectivity index (χ4v) is 2.49. The highest BCUT2D eigenvalue weighted by Crippen LogP contribution is 2.11. The number of halogens is 1. The molecule has 0 radical (unpaired) electrons. The minimum Gasteiger partial charge on any atom is -0.497 e. The topological polar surface area (TPSA) is 58.6 Å². The highest BCUT2D eigenvalue weighted by molar-refractivity contribution is 5.94. The largest absolute Gasteiger partial charge is 0.497 e. The van der Waals surface area contributed by atoms with Crippen molar-refractivity contribution in [3.63, 3.8) is 0 Å². The molecule has 2 aromatic carbocycles. The van der Waals surface area contributed by atoms with Gasteiger partial charge in [-0.1, -0.05) is 12.1 Å². The second-order valence-corrected chi connectivity index (χ2v) is 5.87. The van der Waals surface area contributed by atoms with Gasteiger partial charge in [-0.2, -0.15) is 0 Å². The number of ether oxygens (including phenoxy) is 1. The number of nitrogens with zero attached hydrogens (tertiary/aromatic N) is 1. The van der Waals surface area contributed by atoms with Crippen LogP contribution in [0.5, 0.6) is 5.75 Å². The fraction of sp³-hybridized carbons (Fsp3) is 0.300. The van der Waals surface area contributed by atoms with E-state index < -0.39 is 0 Å². The zero-order valence-corrected chi connectivity index (χ0v) is 15.0. The summed E-state index contributed by atoms with van der Waals surface area (Å²) in [6.45, 7) is 2.78. The van der Waals surface area contributed by atoms with Gasteiger partial charge in [0.15, 0.2) is 0 Å². The molecule has 26 heavy (non-hydrogen) atoms. The van der Waals surface area contributed by atoms with Gasteiger partial charge in [-0.25, -0.2) is 4.39 Å². The highest BCUT2D eigenvalue weighted by atomic mass is 19.1. The van der Waals surface area contributed by atoms with Gasteiger partial charge in [0.25, 0.3) is 5.91 Å². The molecule has 2 amide bonds. The van der Waals surface area contributed by atoms with E-state index in [0.29, 0.717) is 37.4 Å².